The molecule has 0 bridgehead atoms. The molecule has 0 aliphatic rings. The van der Waals surface area contributed by atoms with Crippen molar-refractivity contribution in [2.45, 2.75) is 25.7 Å². The van der Waals surface area contributed by atoms with Gasteiger partial charge in [0.15, 0.2) is 0 Å². The summed E-state index contributed by atoms with van der Waals surface area (Å²) in [4.78, 5) is 0. The van der Waals surface area contributed by atoms with Gasteiger partial charge in [0.2, 0.25) is 0 Å². The lowest BCUT2D eigenvalue weighted by molar-refractivity contribution is 0.305. The third-order valence-corrected chi connectivity index (χ3v) is 2.31. The number of ether oxygens (including phenoxy) is 1. The second kappa shape index (κ2) is 7.69. The lowest BCUT2D eigenvalue weighted by Crippen LogP contribution is -1.96. The second-order valence-corrected chi connectivity index (χ2v) is 3.64. The van der Waals surface area contributed by atoms with Crippen LogP contribution in [0.2, 0.25) is 0 Å². The number of para-hydroxylation sites is 1. The molecule has 1 aromatic rings. The third kappa shape index (κ3) is 5.13. The van der Waals surface area contributed by atoms with E-state index in [0.29, 0.717) is 0 Å². The molecule has 0 unspecified atom stereocenters. The molecule has 0 N–H and O–H groups in total. The Morgan fingerprint density at radius 3 is 2.36 bits per heavy atom. The lowest BCUT2D eigenvalue weighted by Gasteiger charge is -2.04. The number of hydrogen-bond acceptors (Lipinski definition) is 1. The molecular weight excluding hydrogens is 196 g/mol. The third-order valence-electron chi connectivity index (χ3n) is 2.04. The van der Waals surface area contributed by atoms with Gasteiger partial charge in [0.1, 0.15) is 5.75 Å². The van der Waals surface area contributed by atoms with Crippen molar-refractivity contribution in [1.82, 2.24) is 0 Å². The minimum atomic E-state index is 0.777. The van der Waals surface area contributed by atoms with Crippen molar-refractivity contribution in [2.75, 3.05) is 12.5 Å². The van der Waals surface area contributed by atoms with Gasteiger partial charge in [0.05, 0.1) is 6.61 Å². The van der Waals surface area contributed by atoms with E-state index in [9.17, 15) is 0 Å². The first-order valence-electron chi connectivity index (χ1n) is 5.17. The lowest BCUT2D eigenvalue weighted by atomic mass is 10.2. The Morgan fingerprint density at radius 2 is 1.64 bits per heavy atom. The molecule has 78 valence electrons. The van der Waals surface area contributed by atoms with Crippen LogP contribution in [0.4, 0.5) is 0 Å². The molecule has 0 aliphatic carbocycles. The molecule has 0 saturated carbocycles. The quantitative estimate of drug-likeness (QED) is 0.493. The van der Waals surface area contributed by atoms with E-state index < -0.39 is 0 Å². The van der Waals surface area contributed by atoms with Crippen molar-refractivity contribution in [3.8, 4) is 5.75 Å². The van der Waals surface area contributed by atoms with E-state index in [4.69, 9.17) is 16.3 Å². The van der Waals surface area contributed by atoms with E-state index in [1.165, 1.54) is 12.8 Å². The van der Waals surface area contributed by atoms with Gasteiger partial charge in [0, 0.05) is 5.88 Å². The highest BCUT2D eigenvalue weighted by Gasteiger charge is 1.92. The normalized spacial score (nSPS) is 10.1. The van der Waals surface area contributed by atoms with Crippen molar-refractivity contribution < 1.29 is 4.74 Å². The van der Waals surface area contributed by atoms with Crippen LogP contribution in [0, 0.1) is 0 Å². The summed E-state index contributed by atoms with van der Waals surface area (Å²) in [6.07, 6.45) is 4.65. The number of rotatable bonds is 7. The fourth-order valence-electron chi connectivity index (χ4n) is 1.26. The number of hydrogen-bond donors (Lipinski definition) is 0. The van der Waals surface area contributed by atoms with E-state index in [1.807, 2.05) is 30.3 Å². The summed E-state index contributed by atoms with van der Waals surface area (Å²) in [5, 5.41) is 0. The molecule has 0 heterocycles. The fourth-order valence-corrected chi connectivity index (χ4v) is 1.45. The standard InChI is InChI=1S/C12H17ClO/c13-10-6-1-2-7-11-14-12-8-4-3-5-9-12/h3-5,8-9H,1-2,6-7,10-11H2. The summed E-state index contributed by atoms with van der Waals surface area (Å²) in [5.41, 5.74) is 0. The average molecular weight is 213 g/mol. The maximum Gasteiger partial charge on any atom is 0.119 e. The predicted octanol–water partition coefficient (Wildman–Crippen LogP) is 3.86. The highest BCUT2D eigenvalue weighted by Crippen LogP contribution is 2.09. The van der Waals surface area contributed by atoms with Crippen molar-refractivity contribution in [3.05, 3.63) is 30.3 Å². The Labute approximate surface area is 91.0 Å². The SMILES string of the molecule is ClCCCCCCOc1ccccc1. The van der Waals surface area contributed by atoms with Gasteiger partial charge in [-0.1, -0.05) is 31.0 Å². The van der Waals surface area contributed by atoms with Crippen molar-refractivity contribution in [2.24, 2.45) is 0 Å². The van der Waals surface area contributed by atoms with Crippen molar-refractivity contribution in [1.29, 1.82) is 0 Å². The molecule has 0 spiro atoms. The second-order valence-electron chi connectivity index (χ2n) is 3.26. The molecule has 0 fully saturated rings. The van der Waals surface area contributed by atoms with Gasteiger partial charge in [-0.2, -0.15) is 0 Å². The van der Waals surface area contributed by atoms with Gasteiger partial charge in [-0.3, -0.25) is 0 Å². The van der Waals surface area contributed by atoms with Crippen LogP contribution in [0.3, 0.4) is 0 Å². The first kappa shape index (κ1) is 11.4. The van der Waals surface area contributed by atoms with E-state index in [1.54, 1.807) is 0 Å². The highest BCUT2D eigenvalue weighted by atomic mass is 35.5. The van der Waals surface area contributed by atoms with Crippen LogP contribution in [0.5, 0.6) is 5.75 Å². The summed E-state index contributed by atoms with van der Waals surface area (Å²) < 4.78 is 5.55. The van der Waals surface area contributed by atoms with Crippen molar-refractivity contribution in [3.63, 3.8) is 0 Å². The van der Waals surface area contributed by atoms with Crippen LogP contribution < -0.4 is 4.74 Å². The first-order valence-corrected chi connectivity index (χ1v) is 5.71. The van der Waals surface area contributed by atoms with Gasteiger partial charge in [-0.25, -0.2) is 0 Å². The molecule has 14 heavy (non-hydrogen) atoms. The van der Waals surface area contributed by atoms with E-state index in [0.717, 1.165) is 31.1 Å². The molecule has 0 saturated heterocycles. The molecular formula is C12H17ClO. The van der Waals surface area contributed by atoms with Gasteiger partial charge in [-0.15, -0.1) is 11.6 Å². The predicted molar refractivity (Wildman–Crippen MR) is 61.1 cm³/mol. The zero-order valence-electron chi connectivity index (χ0n) is 8.42. The molecule has 0 aromatic heterocycles. The molecule has 0 aliphatic heterocycles. The summed E-state index contributed by atoms with van der Waals surface area (Å²) in [6.45, 7) is 0.812. The molecule has 0 atom stereocenters. The molecule has 0 amide bonds. The topological polar surface area (TPSA) is 9.23 Å². The van der Waals surface area contributed by atoms with E-state index in [2.05, 4.69) is 0 Å². The highest BCUT2D eigenvalue weighted by molar-refractivity contribution is 6.17. The van der Waals surface area contributed by atoms with Crippen molar-refractivity contribution >= 4 is 11.6 Å². The first-order chi connectivity index (χ1) is 6.93. The average Bonchev–Trinajstić information content (AvgIpc) is 2.25. The summed E-state index contributed by atoms with van der Waals surface area (Å²) >= 11 is 5.58. The Balaban J connectivity index is 1.99. The van der Waals surface area contributed by atoms with Crippen LogP contribution in [-0.4, -0.2) is 12.5 Å². The Morgan fingerprint density at radius 1 is 0.929 bits per heavy atom. The van der Waals surface area contributed by atoms with Crippen LogP contribution in [0.1, 0.15) is 25.7 Å². The van der Waals surface area contributed by atoms with Crippen LogP contribution in [-0.2, 0) is 0 Å². The zero-order chi connectivity index (χ0) is 10.1. The number of alkyl halides is 1. The maximum atomic E-state index is 5.58. The minimum Gasteiger partial charge on any atom is -0.494 e. The molecule has 2 heteroatoms. The van der Waals surface area contributed by atoms with E-state index in [-0.39, 0.29) is 0 Å². The van der Waals surface area contributed by atoms with Gasteiger partial charge < -0.3 is 4.74 Å². The Hall–Kier alpha value is -0.690. The Bertz CT molecular complexity index is 223. The number of benzene rings is 1. The van der Waals surface area contributed by atoms with Gasteiger partial charge in [0.25, 0.3) is 0 Å². The largest absolute Gasteiger partial charge is 0.494 e. The smallest absolute Gasteiger partial charge is 0.119 e. The molecule has 0 radical (unpaired) electrons. The maximum absolute atomic E-state index is 5.58. The molecule has 1 nitrogen and oxygen atoms in total. The number of unbranched alkanes of at least 4 members (excludes halogenated alkanes) is 3. The van der Waals surface area contributed by atoms with Crippen LogP contribution in [0.15, 0.2) is 30.3 Å². The van der Waals surface area contributed by atoms with Gasteiger partial charge >= 0.3 is 0 Å². The summed E-state index contributed by atoms with van der Waals surface area (Å²) in [7, 11) is 0. The molecule has 1 rings (SSSR count). The van der Waals surface area contributed by atoms with Gasteiger partial charge in [-0.05, 0) is 25.0 Å². The summed E-state index contributed by atoms with van der Waals surface area (Å²) in [5.74, 6) is 1.74. The summed E-state index contributed by atoms with van der Waals surface area (Å²) in [6, 6.07) is 9.94. The minimum absolute atomic E-state index is 0.777. The number of halogens is 1. The van der Waals surface area contributed by atoms with E-state index >= 15 is 0 Å². The fraction of sp³-hybridized carbons (Fsp3) is 0.500. The Kier molecular flexibility index (Phi) is 6.25. The zero-order valence-corrected chi connectivity index (χ0v) is 9.17. The van der Waals surface area contributed by atoms with Crippen LogP contribution >= 0.6 is 11.6 Å². The molecule has 1 aromatic carbocycles. The monoisotopic (exact) mass is 212 g/mol. The van der Waals surface area contributed by atoms with Crippen LogP contribution in [0.25, 0.3) is 0 Å².